The normalized spacial score (nSPS) is 13.1. The maximum absolute atomic E-state index is 14.1. The second kappa shape index (κ2) is 7.86. The lowest BCUT2D eigenvalue weighted by atomic mass is 10.1. The lowest BCUT2D eigenvalue weighted by molar-refractivity contribution is -0.136. The Hall–Kier alpha value is -1.27. The first-order chi connectivity index (χ1) is 12.6. The van der Waals surface area contributed by atoms with Crippen molar-refractivity contribution in [3.05, 3.63) is 27.0 Å². The Bertz CT molecular complexity index is 954. The molecule has 0 aliphatic heterocycles. The number of carboxylic acids is 1. The minimum absolute atomic E-state index is 0.0907. The maximum Gasteiger partial charge on any atom is 0.400 e. The van der Waals surface area contributed by atoms with Crippen molar-refractivity contribution < 1.29 is 50.9 Å². The van der Waals surface area contributed by atoms with Gasteiger partial charge in [-0.05, 0) is 34.5 Å². The fourth-order valence-corrected chi connectivity index (χ4v) is 5.13. The number of hydrogen-bond acceptors (Lipinski definition) is 4. The largest absolute Gasteiger partial charge is 0.492 e. The Morgan fingerprint density at radius 2 is 1.82 bits per heavy atom. The molecule has 6 nitrogen and oxygen atoms in total. The lowest BCUT2D eigenvalue weighted by Gasteiger charge is -2.16. The molecule has 0 aliphatic rings. The van der Waals surface area contributed by atoms with Crippen LogP contribution in [0.25, 0.3) is 10.1 Å². The van der Waals surface area contributed by atoms with Gasteiger partial charge in [-0.1, -0.05) is 0 Å². The Morgan fingerprint density at radius 3 is 2.32 bits per heavy atom. The van der Waals surface area contributed by atoms with E-state index in [1.807, 2.05) is 0 Å². The van der Waals surface area contributed by atoms with Crippen LogP contribution in [0, 0.1) is 0 Å². The average molecular weight is 513 g/mol. The number of carbonyl (C=O) groups is 1. The summed E-state index contributed by atoms with van der Waals surface area (Å²) in [6.45, 7) is -0.475. The van der Waals surface area contributed by atoms with Crippen molar-refractivity contribution >= 4 is 50.9 Å². The van der Waals surface area contributed by atoms with Gasteiger partial charge in [0.15, 0.2) is 0 Å². The van der Waals surface area contributed by atoms with Crippen LogP contribution in [0.15, 0.2) is 16.6 Å². The number of hydrogen-bond donors (Lipinski definition) is 3. The van der Waals surface area contributed by atoms with E-state index in [-0.39, 0.29) is 27.2 Å². The summed E-state index contributed by atoms with van der Waals surface area (Å²) in [5, 5.41) is 9.02. The van der Waals surface area contributed by atoms with E-state index < -0.39 is 59.8 Å². The van der Waals surface area contributed by atoms with E-state index in [4.69, 9.17) is 19.6 Å². The van der Waals surface area contributed by atoms with Crippen LogP contribution in [0.1, 0.15) is 28.1 Å². The highest BCUT2D eigenvalue weighted by Crippen LogP contribution is 2.63. The van der Waals surface area contributed by atoms with Crippen molar-refractivity contribution in [3.63, 3.8) is 0 Å². The summed E-state index contributed by atoms with van der Waals surface area (Å²) in [7, 11) is -5.90. The predicted octanol–water partition coefficient (Wildman–Crippen LogP) is 5.31. The summed E-state index contributed by atoms with van der Waals surface area (Å²) in [5.74, 6) is -1.74. The van der Waals surface area contributed by atoms with Gasteiger partial charge in [0.05, 0.1) is 16.9 Å². The number of ether oxygens (including phenoxy) is 1. The number of benzene rings is 1. The predicted molar refractivity (Wildman–Crippen MR) is 93.2 cm³/mol. The Balaban J connectivity index is 2.52. The number of thiophene rings is 1. The third-order valence-corrected chi connectivity index (χ3v) is 6.93. The molecule has 1 aromatic carbocycles. The average Bonchev–Trinajstić information content (AvgIpc) is 2.87. The fraction of sp³-hybridized carbons (Fsp3) is 0.357. The van der Waals surface area contributed by atoms with E-state index in [2.05, 4.69) is 15.9 Å². The van der Waals surface area contributed by atoms with Crippen molar-refractivity contribution in [3.8, 4) is 5.75 Å². The van der Waals surface area contributed by atoms with Gasteiger partial charge < -0.3 is 19.6 Å². The molecule has 0 atom stereocenters. The van der Waals surface area contributed by atoms with Gasteiger partial charge in [-0.15, -0.1) is 11.3 Å². The highest BCUT2D eigenvalue weighted by Gasteiger charge is 2.53. The summed E-state index contributed by atoms with van der Waals surface area (Å²) in [4.78, 5) is 28.0. The minimum Gasteiger partial charge on any atom is -0.492 e. The Kier molecular flexibility index (Phi) is 6.46. The molecule has 2 rings (SSSR count). The van der Waals surface area contributed by atoms with E-state index in [0.717, 1.165) is 12.1 Å². The fourth-order valence-electron chi connectivity index (χ4n) is 2.15. The van der Waals surface area contributed by atoms with Crippen LogP contribution in [0.2, 0.25) is 0 Å². The monoisotopic (exact) mass is 512 g/mol. The van der Waals surface area contributed by atoms with E-state index >= 15 is 0 Å². The van der Waals surface area contributed by atoms with Gasteiger partial charge in [0.25, 0.3) is 0 Å². The van der Waals surface area contributed by atoms with Crippen LogP contribution in [0.3, 0.4) is 0 Å². The van der Waals surface area contributed by atoms with E-state index in [0.29, 0.717) is 0 Å². The molecule has 1 heterocycles. The number of rotatable bonds is 7. The van der Waals surface area contributed by atoms with Crippen LogP contribution < -0.4 is 4.74 Å². The first-order valence-corrected chi connectivity index (χ1v) is 10.5. The molecule has 14 heteroatoms. The summed E-state index contributed by atoms with van der Waals surface area (Å²) in [6.07, 6.45) is -6.04. The van der Waals surface area contributed by atoms with Gasteiger partial charge in [-0.25, -0.2) is 4.79 Å². The van der Waals surface area contributed by atoms with E-state index in [1.165, 1.54) is 0 Å². The third kappa shape index (κ3) is 4.82. The highest BCUT2D eigenvalue weighted by molar-refractivity contribution is 9.10. The molecule has 28 heavy (non-hydrogen) atoms. The standard InChI is InChI=1S/C14H11BrF5O6PS/c15-9-7-4-6(12(21)22)5-8(26-3-1-2-13(16,17)18)10(7)28-11(9)14(19,20)27(23,24)25/h4-5H,1-3H2,(H,21,22)(H2,23,24,25). The number of halogens is 6. The van der Waals surface area contributed by atoms with Crippen molar-refractivity contribution in [2.75, 3.05) is 6.61 Å². The molecular weight excluding hydrogens is 502 g/mol. The van der Waals surface area contributed by atoms with Crippen molar-refractivity contribution in [2.45, 2.75) is 24.7 Å². The molecule has 0 fully saturated rings. The third-order valence-electron chi connectivity index (χ3n) is 3.44. The second-order valence-corrected chi connectivity index (χ2v) is 9.02. The topological polar surface area (TPSA) is 104 Å². The van der Waals surface area contributed by atoms with Crippen molar-refractivity contribution in [1.82, 2.24) is 0 Å². The molecular formula is C14H11BrF5O6PS. The van der Waals surface area contributed by atoms with Crippen molar-refractivity contribution in [1.29, 1.82) is 0 Å². The first kappa shape index (κ1) is 23.0. The molecule has 0 amide bonds. The number of fused-ring (bicyclic) bond motifs is 1. The van der Waals surface area contributed by atoms with Gasteiger partial charge in [0, 0.05) is 16.3 Å². The molecule has 0 saturated heterocycles. The highest BCUT2D eigenvalue weighted by atomic mass is 79.9. The summed E-state index contributed by atoms with van der Waals surface area (Å²) >= 11 is 3.03. The SMILES string of the molecule is O=C(O)c1cc(OCCCC(F)(F)F)c2sc(C(F)(F)P(=O)(O)O)c(Br)c2c1. The number of carboxylic acid groups (broad SMARTS) is 1. The summed E-state index contributed by atoms with van der Waals surface area (Å²) < 4.78 is 80.7. The molecule has 0 bridgehead atoms. The molecule has 1 aromatic heterocycles. The number of aromatic carboxylic acids is 1. The second-order valence-electron chi connectivity index (χ2n) is 5.55. The minimum atomic E-state index is -5.90. The molecule has 0 aliphatic carbocycles. The first-order valence-electron chi connectivity index (χ1n) is 7.28. The van der Waals surface area contributed by atoms with Gasteiger partial charge in [-0.2, -0.15) is 22.0 Å². The maximum atomic E-state index is 14.1. The molecule has 2 aromatic rings. The van der Waals surface area contributed by atoms with Crippen LogP contribution in [-0.4, -0.2) is 33.6 Å². The quantitative estimate of drug-likeness (QED) is 0.264. The van der Waals surface area contributed by atoms with E-state index in [9.17, 15) is 31.3 Å². The van der Waals surface area contributed by atoms with Gasteiger partial charge in [0.2, 0.25) is 0 Å². The molecule has 0 radical (unpaired) electrons. The summed E-state index contributed by atoms with van der Waals surface area (Å²) in [5.41, 5.74) is -4.96. The Morgan fingerprint density at radius 1 is 1.21 bits per heavy atom. The van der Waals surface area contributed by atoms with Gasteiger partial charge in [0.1, 0.15) is 10.6 Å². The number of alkyl halides is 5. The zero-order valence-corrected chi connectivity index (χ0v) is 16.8. The molecule has 156 valence electrons. The Labute approximate surface area is 166 Å². The van der Waals surface area contributed by atoms with Crippen molar-refractivity contribution in [2.24, 2.45) is 0 Å². The molecule has 0 saturated carbocycles. The molecule has 0 spiro atoms. The van der Waals surface area contributed by atoms with Crippen LogP contribution in [-0.2, 0) is 10.2 Å². The van der Waals surface area contributed by atoms with Gasteiger partial charge in [-0.3, -0.25) is 4.57 Å². The van der Waals surface area contributed by atoms with E-state index in [1.54, 1.807) is 0 Å². The lowest BCUT2D eigenvalue weighted by Crippen LogP contribution is -2.12. The zero-order chi connectivity index (χ0) is 21.5. The van der Waals surface area contributed by atoms with Crippen LogP contribution in [0.4, 0.5) is 22.0 Å². The van der Waals surface area contributed by atoms with Crippen LogP contribution >= 0.6 is 34.9 Å². The molecule has 3 N–H and O–H groups in total. The summed E-state index contributed by atoms with van der Waals surface area (Å²) in [6, 6.07) is 1.93. The van der Waals surface area contributed by atoms with Gasteiger partial charge >= 0.3 is 25.4 Å². The molecule has 0 unspecified atom stereocenters. The van der Waals surface area contributed by atoms with Crippen LogP contribution in [0.5, 0.6) is 5.75 Å². The smallest absolute Gasteiger partial charge is 0.400 e. The zero-order valence-electron chi connectivity index (χ0n) is 13.5.